The Bertz CT molecular complexity index is 531. The number of rotatable bonds is 2. The molecule has 0 bridgehead atoms. The van der Waals surface area contributed by atoms with Crippen LogP contribution in [0.3, 0.4) is 0 Å². The molecule has 2 aromatic rings. The first-order chi connectivity index (χ1) is 8.29. The summed E-state index contributed by atoms with van der Waals surface area (Å²) in [5.41, 5.74) is 7.65. The van der Waals surface area contributed by atoms with Crippen LogP contribution in [0.5, 0.6) is 0 Å². The predicted octanol–water partition coefficient (Wildman–Crippen LogP) is 1.96. The molecule has 1 heterocycles. The van der Waals surface area contributed by atoms with Gasteiger partial charge in [-0.25, -0.2) is 4.68 Å². The van der Waals surface area contributed by atoms with Crippen molar-refractivity contribution in [3.8, 4) is 17.5 Å². The predicted molar refractivity (Wildman–Crippen MR) is 68.7 cm³/mol. The van der Waals surface area contributed by atoms with Crippen LogP contribution in [-0.2, 0) is 0 Å². The fraction of sp³-hybridized carbons (Fsp3) is 0.214. The molecule has 1 atom stereocenters. The zero-order valence-electron chi connectivity index (χ0n) is 9.80. The molecule has 0 fully saturated rings. The third-order valence-electron chi connectivity index (χ3n) is 2.45. The third kappa shape index (κ3) is 2.96. The largest absolute Gasteiger partial charge is 0.318 e. The van der Waals surface area contributed by atoms with Gasteiger partial charge in [0, 0.05) is 6.20 Å². The van der Waals surface area contributed by atoms with Crippen LogP contribution in [-0.4, -0.2) is 15.8 Å². The van der Waals surface area contributed by atoms with Crippen molar-refractivity contribution in [2.75, 3.05) is 0 Å². The Labute approximate surface area is 101 Å². The van der Waals surface area contributed by atoms with Crippen LogP contribution in [0.15, 0.2) is 42.7 Å². The van der Waals surface area contributed by atoms with Crippen LogP contribution in [0.25, 0.3) is 5.69 Å². The lowest BCUT2D eigenvalue weighted by atomic mass is 10.2. The molecule has 86 valence electrons. The minimum absolute atomic E-state index is 0.0601. The molecular weight excluding hydrogens is 210 g/mol. The molecule has 2 N–H and O–H groups in total. The van der Waals surface area contributed by atoms with E-state index in [2.05, 4.69) is 16.9 Å². The molecule has 0 saturated carbocycles. The van der Waals surface area contributed by atoms with Gasteiger partial charge in [-0.3, -0.25) is 0 Å². The molecule has 0 aliphatic rings. The van der Waals surface area contributed by atoms with E-state index in [0.717, 1.165) is 17.7 Å². The number of hydrogen-bond donors (Lipinski definition) is 1. The maximum absolute atomic E-state index is 5.74. The fourth-order valence-corrected chi connectivity index (χ4v) is 1.39. The van der Waals surface area contributed by atoms with Crippen molar-refractivity contribution < 1.29 is 0 Å². The highest BCUT2D eigenvalue weighted by molar-refractivity contribution is 5.36. The second kappa shape index (κ2) is 5.33. The van der Waals surface area contributed by atoms with E-state index in [0.29, 0.717) is 0 Å². The lowest BCUT2D eigenvalue weighted by molar-refractivity contribution is 0.806. The van der Waals surface area contributed by atoms with Gasteiger partial charge in [-0.1, -0.05) is 37.0 Å². The first-order valence-corrected chi connectivity index (χ1v) is 5.67. The standard InChI is InChI=1S/C14H15N3/c1-2-13(15)9-8-12-10-16-17(11-12)14-6-4-3-5-7-14/h3-7,10-11,13H,2,15H2,1H3. The highest BCUT2D eigenvalue weighted by atomic mass is 15.3. The smallest absolute Gasteiger partial charge is 0.0665 e. The van der Waals surface area contributed by atoms with Crippen LogP contribution >= 0.6 is 0 Å². The van der Waals surface area contributed by atoms with Crippen molar-refractivity contribution in [2.24, 2.45) is 5.73 Å². The lowest BCUT2D eigenvalue weighted by Crippen LogP contribution is -2.15. The molecule has 1 aromatic heterocycles. The van der Waals surface area contributed by atoms with Crippen molar-refractivity contribution >= 4 is 0 Å². The molecule has 1 aromatic carbocycles. The van der Waals surface area contributed by atoms with E-state index in [1.54, 1.807) is 6.20 Å². The Morgan fingerprint density at radius 3 is 2.82 bits per heavy atom. The first kappa shape index (κ1) is 11.4. The van der Waals surface area contributed by atoms with E-state index in [9.17, 15) is 0 Å². The summed E-state index contributed by atoms with van der Waals surface area (Å²) in [7, 11) is 0. The van der Waals surface area contributed by atoms with E-state index in [1.165, 1.54) is 0 Å². The summed E-state index contributed by atoms with van der Waals surface area (Å²) in [6.07, 6.45) is 4.52. The van der Waals surface area contributed by atoms with Gasteiger partial charge in [0.15, 0.2) is 0 Å². The Kier molecular flexibility index (Phi) is 3.59. The van der Waals surface area contributed by atoms with Crippen LogP contribution < -0.4 is 5.73 Å². The molecular formula is C14H15N3. The molecule has 1 unspecified atom stereocenters. The Morgan fingerprint density at radius 1 is 1.35 bits per heavy atom. The highest BCUT2D eigenvalue weighted by Gasteiger charge is 1.98. The maximum Gasteiger partial charge on any atom is 0.0665 e. The molecule has 0 radical (unpaired) electrons. The Morgan fingerprint density at radius 2 is 2.12 bits per heavy atom. The second-order valence-corrected chi connectivity index (χ2v) is 3.79. The molecule has 0 spiro atoms. The summed E-state index contributed by atoms with van der Waals surface area (Å²) in [6, 6.07) is 9.89. The van der Waals surface area contributed by atoms with Gasteiger partial charge >= 0.3 is 0 Å². The molecule has 0 aliphatic carbocycles. The summed E-state index contributed by atoms with van der Waals surface area (Å²) < 4.78 is 1.81. The minimum atomic E-state index is -0.0601. The maximum atomic E-state index is 5.74. The number of hydrogen-bond acceptors (Lipinski definition) is 2. The molecule has 17 heavy (non-hydrogen) atoms. The number of aromatic nitrogens is 2. The van der Waals surface area contributed by atoms with Crippen molar-refractivity contribution in [3.05, 3.63) is 48.3 Å². The average Bonchev–Trinajstić information content (AvgIpc) is 2.86. The number of benzene rings is 1. The SMILES string of the molecule is CCC(N)C#Cc1cnn(-c2ccccc2)c1. The number of para-hydroxylation sites is 1. The summed E-state index contributed by atoms with van der Waals surface area (Å²) in [5.74, 6) is 6.01. The van der Waals surface area contributed by atoms with Gasteiger partial charge in [0.05, 0.1) is 23.5 Å². The normalized spacial score (nSPS) is 11.6. The highest BCUT2D eigenvalue weighted by Crippen LogP contribution is 2.06. The zero-order chi connectivity index (χ0) is 12.1. The average molecular weight is 225 g/mol. The lowest BCUT2D eigenvalue weighted by Gasteiger charge is -1.98. The fourth-order valence-electron chi connectivity index (χ4n) is 1.39. The van der Waals surface area contributed by atoms with Gasteiger partial charge in [0.1, 0.15) is 0 Å². The van der Waals surface area contributed by atoms with Gasteiger partial charge in [-0.15, -0.1) is 0 Å². The number of nitrogens with two attached hydrogens (primary N) is 1. The van der Waals surface area contributed by atoms with E-state index in [1.807, 2.05) is 48.1 Å². The van der Waals surface area contributed by atoms with Gasteiger partial charge < -0.3 is 5.73 Å². The second-order valence-electron chi connectivity index (χ2n) is 3.79. The Hall–Kier alpha value is -2.05. The third-order valence-corrected chi connectivity index (χ3v) is 2.45. The van der Waals surface area contributed by atoms with Gasteiger partial charge in [-0.05, 0) is 18.6 Å². The topological polar surface area (TPSA) is 43.8 Å². The molecule has 3 heteroatoms. The van der Waals surface area contributed by atoms with E-state index in [-0.39, 0.29) is 6.04 Å². The van der Waals surface area contributed by atoms with Crippen LogP contribution in [0, 0.1) is 11.8 Å². The van der Waals surface area contributed by atoms with Crippen molar-refractivity contribution in [2.45, 2.75) is 19.4 Å². The summed E-state index contributed by atoms with van der Waals surface area (Å²) in [5, 5.41) is 4.26. The van der Waals surface area contributed by atoms with Crippen LogP contribution in [0.4, 0.5) is 0 Å². The minimum Gasteiger partial charge on any atom is -0.318 e. The zero-order valence-corrected chi connectivity index (χ0v) is 9.80. The monoisotopic (exact) mass is 225 g/mol. The van der Waals surface area contributed by atoms with E-state index >= 15 is 0 Å². The Balaban J connectivity index is 2.19. The molecule has 0 amide bonds. The molecule has 2 rings (SSSR count). The van der Waals surface area contributed by atoms with Gasteiger partial charge in [-0.2, -0.15) is 5.10 Å². The van der Waals surface area contributed by atoms with Crippen molar-refractivity contribution in [3.63, 3.8) is 0 Å². The summed E-state index contributed by atoms with van der Waals surface area (Å²) in [6.45, 7) is 2.02. The quantitative estimate of drug-likeness (QED) is 0.794. The molecule has 3 nitrogen and oxygen atoms in total. The number of nitrogens with zero attached hydrogens (tertiary/aromatic N) is 2. The van der Waals surface area contributed by atoms with Gasteiger partial charge in [0.25, 0.3) is 0 Å². The van der Waals surface area contributed by atoms with Gasteiger partial charge in [0.2, 0.25) is 0 Å². The van der Waals surface area contributed by atoms with Crippen LogP contribution in [0.2, 0.25) is 0 Å². The van der Waals surface area contributed by atoms with Crippen molar-refractivity contribution in [1.29, 1.82) is 0 Å². The summed E-state index contributed by atoms with van der Waals surface area (Å²) >= 11 is 0. The van der Waals surface area contributed by atoms with Crippen LogP contribution in [0.1, 0.15) is 18.9 Å². The van der Waals surface area contributed by atoms with Crippen molar-refractivity contribution in [1.82, 2.24) is 9.78 Å². The summed E-state index contributed by atoms with van der Waals surface area (Å²) in [4.78, 5) is 0. The molecule has 0 aliphatic heterocycles. The van der Waals surface area contributed by atoms with E-state index < -0.39 is 0 Å². The first-order valence-electron chi connectivity index (χ1n) is 5.67. The van der Waals surface area contributed by atoms with E-state index in [4.69, 9.17) is 5.73 Å². The molecule has 0 saturated heterocycles.